The van der Waals surface area contributed by atoms with Gasteiger partial charge in [-0.25, -0.2) is 18.7 Å². The molecular weight excluding hydrogens is 470 g/mol. The van der Waals surface area contributed by atoms with Crippen molar-refractivity contribution < 1.29 is 13.6 Å². The molecule has 10 heteroatoms. The number of hydrogen-bond donors (Lipinski definition) is 1. The molecule has 1 saturated carbocycles. The van der Waals surface area contributed by atoms with E-state index in [0.717, 1.165) is 32.4 Å². The Kier molecular flexibility index (Phi) is 5.83. The fraction of sp³-hybridized carbons (Fsp3) is 0.400. The predicted octanol–water partition coefficient (Wildman–Crippen LogP) is 4.00. The van der Waals surface area contributed by atoms with Crippen molar-refractivity contribution in [3.8, 4) is 6.07 Å². The number of likely N-dealkylation sites (tertiary alicyclic amines) is 1. The molecule has 35 heavy (non-hydrogen) atoms. The molecule has 180 valence electrons. The highest BCUT2D eigenvalue weighted by atomic mass is 32.2. The quantitative estimate of drug-likeness (QED) is 0.688. The number of amidine groups is 1. The number of aliphatic imine (C=N–C) groups is 1. The van der Waals surface area contributed by atoms with Gasteiger partial charge in [0, 0.05) is 24.6 Å². The molecule has 1 unspecified atom stereocenters. The van der Waals surface area contributed by atoms with Crippen LogP contribution in [-0.4, -0.2) is 43.8 Å². The summed E-state index contributed by atoms with van der Waals surface area (Å²) >= 11 is 1.29. The van der Waals surface area contributed by atoms with E-state index in [0.29, 0.717) is 12.0 Å². The number of aromatic nitrogens is 2. The Hall–Kier alpha value is -3.32. The zero-order valence-corrected chi connectivity index (χ0v) is 20.0. The molecule has 5 rings (SSSR count). The summed E-state index contributed by atoms with van der Waals surface area (Å²) in [7, 11) is 0. The highest BCUT2D eigenvalue weighted by Gasteiger charge is 2.71. The zero-order chi connectivity index (χ0) is 24.8. The number of carbonyl (C=O) groups is 1. The van der Waals surface area contributed by atoms with Crippen LogP contribution in [0.1, 0.15) is 55.1 Å². The summed E-state index contributed by atoms with van der Waals surface area (Å²) in [4.78, 5) is 27.7. The lowest BCUT2D eigenvalue weighted by Crippen LogP contribution is -2.47. The van der Waals surface area contributed by atoms with E-state index in [2.05, 4.69) is 15.0 Å². The molecule has 1 amide bonds. The highest BCUT2D eigenvalue weighted by Crippen LogP contribution is 2.66. The number of nitrogens with zero attached hydrogens (tertiary/aromatic N) is 5. The van der Waals surface area contributed by atoms with Gasteiger partial charge in [0.25, 0.3) is 0 Å². The van der Waals surface area contributed by atoms with Crippen LogP contribution >= 0.6 is 11.8 Å². The third-order valence-electron chi connectivity index (χ3n) is 7.06. The van der Waals surface area contributed by atoms with Crippen molar-refractivity contribution in [2.75, 3.05) is 13.1 Å². The maximum absolute atomic E-state index is 15.2. The molecule has 2 aliphatic heterocycles. The molecule has 2 aromatic rings. The number of piperidine rings is 1. The molecule has 1 aromatic heterocycles. The lowest BCUT2D eigenvalue weighted by atomic mass is 9.84. The monoisotopic (exact) mass is 494 g/mol. The average Bonchev–Trinajstić information content (AvgIpc) is 3.62. The molecule has 0 bridgehead atoms. The number of halogens is 2. The lowest BCUT2D eigenvalue weighted by molar-refractivity contribution is -0.132. The van der Waals surface area contributed by atoms with E-state index in [-0.39, 0.29) is 33.9 Å². The normalized spacial score (nSPS) is 28.1. The minimum absolute atomic E-state index is 0.0363. The van der Waals surface area contributed by atoms with Crippen molar-refractivity contribution in [3.05, 3.63) is 58.9 Å². The number of benzene rings is 1. The standard InChI is InChI=1S/C25H24F2N6OS/c1-24(21-11-25(21,35-23(29)32-24)22(34)33-7-3-2-4-8-33)17-9-15(5-6-18(17)26)10-19(27)20-14-30-16(12-28)13-31-20/h5-6,9-10,13-14,21H,2-4,7-8,11H2,1H3,(H2,29,32)/b19-10-/t21-,24+,25?/m0/s1. The average molecular weight is 495 g/mol. The summed E-state index contributed by atoms with van der Waals surface area (Å²) in [6, 6.07) is 6.11. The van der Waals surface area contributed by atoms with Crippen molar-refractivity contribution in [1.29, 1.82) is 5.26 Å². The molecule has 0 spiro atoms. The first kappa shape index (κ1) is 23.4. The molecule has 2 fully saturated rings. The summed E-state index contributed by atoms with van der Waals surface area (Å²) in [6.45, 7) is 3.26. The van der Waals surface area contributed by atoms with Crippen molar-refractivity contribution in [1.82, 2.24) is 14.9 Å². The van der Waals surface area contributed by atoms with Gasteiger partial charge in [-0.15, -0.1) is 0 Å². The summed E-state index contributed by atoms with van der Waals surface area (Å²) in [5.74, 6) is -1.33. The number of rotatable bonds is 4. The number of carbonyl (C=O) groups excluding carboxylic acids is 1. The van der Waals surface area contributed by atoms with Gasteiger partial charge in [0.15, 0.2) is 16.7 Å². The lowest BCUT2D eigenvalue weighted by Gasteiger charge is -2.37. The molecule has 3 heterocycles. The molecule has 7 nitrogen and oxygen atoms in total. The van der Waals surface area contributed by atoms with Crippen LogP contribution in [0.2, 0.25) is 0 Å². The van der Waals surface area contributed by atoms with Crippen LogP contribution in [-0.2, 0) is 10.3 Å². The van der Waals surface area contributed by atoms with Crippen molar-refractivity contribution >= 4 is 34.7 Å². The van der Waals surface area contributed by atoms with Crippen LogP contribution < -0.4 is 5.73 Å². The molecular formula is C25H24F2N6OS. The molecule has 1 saturated heterocycles. The summed E-state index contributed by atoms with van der Waals surface area (Å²) in [6.07, 6.45) is 7.22. The number of thioether (sulfide) groups is 1. The Labute approximate surface area is 206 Å². The molecule has 3 atom stereocenters. The second-order valence-corrected chi connectivity index (χ2v) is 10.7. The maximum atomic E-state index is 15.2. The second-order valence-electron chi connectivity index (χ2n) is 9.33. The van der Waals surface area contributed by atoms with Crippen LogP contribution in [0.25, 0.3) is 11.9 Å². The Morgan fingerprint density at radius 3 is 2.74 bits per heavy atom. The maximum Gasteiger partial charge on any atom is 0.239 e. The van der Waals surface area contributed by atoms with E-state index in [1.165, 1.54) is 42.4 Å². The minimum atomic E-state index is -1.06. The van der Waals surface area contributed by atoms with Crippen molar-refractivity contribution in [3.63, 3.8) is 0 Å². The van der Waals surface area contributed by atoms with E-state index in [1.54, 1.807) is 13.0 Å². The van der Waals surface area contributed by atoms with Gasteiger partial charge in [-0.3, -0.25) is 9.79 Å². The minimum Gasteiger partial charge on any atom is -0.378 e. The van der Waals surface area contributed by atoms with E-state index < -0.39 is 21.9 Å². The van der Waals surface area contributed by atoms with Crippen LogP contribution in [0, 0.1) is 23.1 Å². The predicted molar refractivity (Wildman–Crippen MR) is 130 cm³/mol. The second kappa shape index (κ2) is 8.72. The Morgan fingerprint density at radius 1 is 1.29 bits per heavy atom. The topological polar surface area (TPSA) is 108 Å². The number of amides is 1. The van der Waals surface area contributed by atoms with Crippen molar-refractivity contribution in [2.24, 2.45) is 16.6 Å². The first-order valence-electron chi connectivity index (χ1n) is 11.5. The van der Waals surface area contributed by atoms with Gasteiger partial charge in [-0.2, -0.15) is 5.26 Å². The Morgan fingerprint density at radius 2 is 2.06 bits per heavy atom. The van der Waals surface area contributed by atoms with Gasteiger partial charge in [0.1, 0.15) is 22.3 Å². The van der Waals surface area contributed by atoms with Crippen LogP contribution in [0.5, 0.6) is 0 Å². The smallest absolute Gasteiger partial charge is 0.239 e. The van der Waals surface area contributed by atoms with E-state index in [4.69, 9.17) is 11.0 Å². The Balaban J connectivity index is 1.47. The van der Waals surface area contributed by atoms with Crippen molar-refractivity contribution in [2.45, 2.75) is 42.9 Å². The number of fused-ring (bicyclic) bond motifs is 1. The third kappa shape index (κ3) is 4.08. The molecule has 1 aliphatic carbocycles. The van der Waals surface area contributed by atoms with Gasteiger partial charge in [-0.05, 0) is 56.4 Å². The van der Waals surface area contributed by atoms with Gasteiger partial charge >= 0.3 is 0 Å². The third-order valence-corrected chi connectivity index (χ3v) is 8.35. The highest BCUT2D eigenvalue weighted by molar-refractivity contribution is 8.15. The number of nitrogens with two attached hydrogens (primary N) is 1. The number of hydrogen-bond acceptors (Lipinski definition) is 7. The van der Waals surface area contributed by atoms with E-state index in [9.17, 15) is 9.18 Å². The van der Waals surface area contributed by atoms with E-state index >= 15 is 4.39 Å². The van der Waals surface area contributed by atoms with Gasteiger partial charge < -0.3 is 10.6 Å². The van der Waals surface area contributed by atoms with Crippen LogP contribution in [0.15, 0.2) is 35.6 Å². The van der Waals surface area contributed by atoms with Gasteiger partial charge in [0.2, 0.25) is 5.91 Å². The molecule has 0 radical (unpaired) electrons. The van der Waals surface area contributed by atoms with Gasteiger partial charge in [-0.1, -0.05) is 17.8 Å². The summed E-state index contributed by atoms with van der Waals surface area (Å²) < 4.78 is 29.3. The first-order valence-corrected chi connectivity index (χ1v) is 12.3. The van der Waals surface area contributed by atoms with Crippen LogP contribution in [0.3, 0.4) is 0 Å². The SMILES string of the molecule is C[C@]1(c2cc(/C=C(\F)c3cnc(C#N)cn3)ccc2F)N=C(N)SC2(C(=O)N3CCCCC3)C[C@H]21. The van der Waals surface area contributed by atoms with Crippen LogP contribution in [0.4, 0.5) is 8.78 Å². The van der Waals surface area contributed by atoms with E-state index in [1.807, 2.05) is 11.0 Å². The fourth-order valence-electron chi connectivity index (χ4n) is 5.17. The summed E-state index contributed by atoms with van der Waals surface area (Å²) in [5, 5.41) is 9.09. The zero-order valence-electron chi connectivity index (χ0n) is 19.2. The summed E-state index contributed by atoms with van der Waals surface area (Å²) in [5.41, 5.74) is 5.86. The molecule has 2 N–H and O–H groups in total. The first-order chi connectivity index (χ1) is 16.8. The largest absolute Gasteiger partial charge is 0.378 e. The van der Waals surface area contributed by atoms with Gasteiger partial charge in [0.05, 0.1) is 17.9 Å². The fourth-order valence-corrected chi connectivity index (χ4v) is 6.62. The molecule has 1 aromatic carbocycles. The molecule has 3 aliphatic rings. The number of nitriles is 1. The Bertz CT molecular complexity index is 1280.